The van der Waals surface area contributed by atoms with E-state index in [0.717, 1.165) is 16.7 Å². The summed E-state index contributed by atoms with van der Waals surface area (Å²) >= 11 is 0. The van der Waals surface area contributed by atoms with Crippen LogP contribution in [0.5, 0.6) is 0 Å². The Bertz CT molecular complexity index is 822. The zero-order valence-electron chi connectivity index (χ0n) is 14.3. The first kappa shape index (κ1) is 17.1. The van der Waals surface area contributed by atoms with Crippen molar-refractivity contribution in [3.05, 3.63) is 64.7 Å². The molecule has 0 spiro atoms. The van der Waals surface area contributed by atoms with Crippen LogP contribution in [-0.4, -0.2) is 31.9 Å². The van der Waals surface area contributed by atoms with Crippen LogP contribution in [0.25, 0.3) is 0 Å². The van der Waals surface area contributed by atoms with Crippen molar-refractivity contribution in [3.63, 3.8) is 0 Å². The van der Waals surface area contributed by atoms with Crippen molar-refractivity contribution in [1.82, 2.24) is 4.31 Å². The summed E-state index contributed by atoms with van der Waals surface area (Å²) in [5.74, 6) is 0. The minimum atomic E-state index is -3.41. The molecular weight excluding hydrogens is 322 g/mol. The summed E-state index contributed by atoms with van der Waals surface area (Å²) in [4.78, 5) is 0.364. The van der Waals surface area contributed by atoms with Crippen molar-refractivity contribution in [2.45, 2.75) is 38.4 Å². The topological polar surface area (TPSA) is 46.6 Å². The normalized spacial score (nSPS) is 16.1. The third kappa shape index (κ3) is 3.53. The third-order valence-electron chi connectivity index (χ3n) is 4.54. The lowest BCUT2D eigenvalue weighted by atomic mass is 10.1. The highest BCUT2D eigenvalue weighted by atomic mass is 32.2. The lowest BCUT2D eigenvalue weighted by Crippen LogP contribution is -2.54. The minimum absolute atomic E-state index is 0.0346. The molecule has 24 heavy (non-hydrogen) atoms. The Morgan fingerprint density at radius 1 is 1.00 bits per heavy atom. The quantitative estimate of drug-likeness (QED) is 0.836. The van der Waals surface area contributed by atoms with E-state index in [9.17, 15) is 8.42 Å². The fourth-order valence-corrected chi connectivity index (χ4v) is 4.21. The van der Waals surface area contributed by atoms with E-state index >= 15 is 0 Å². The number of aryl methyl sites for hydroxylation is 3. The summed E-state index contributed by atoms with van der Waals surface area (Å²) in [6.45, 7) is 7.30. The monoisotopic (exact) mass is 345 g/mol. The Kier molecular flexibility index (Phi) is 4.76. The van der Waals surface area contributed by atoms with Gasteiger partial charge < -0.3 is 4.74 Å². The second kappa shape index (κ2) is 6.67. The predicted molar refractivity (Wildman–Crippen MR) is 94.4 cm³/mol. The molecule has 1 aliphatic heterocycles. The van der Waals surface area contributed by atoms with Gasteiger partial charge in [0, 0.05) is 13.1 Å². The molecule has 0 unspecified atom stereocenters. The first-order valence-corrected chi connectivity index (χ1v) is 9.55. The molecule has 0 atom stereocenters. The minimum Gasteiger partial charge on any atom is -0.371 e. The summed E-state index contributed by atoms with van der Waals surface area (Å²) in [7, 11) is -3.41. The van der Waals surface area contributed by atoms with Crippen LogP contribution in [0.1, 0.15) is 22.3 Å². The summed E-state index contributed by atoms with van der Waals surface area (Å²) < 4.78 is 32.5. The SMILES string of the molecule is Cc1ccc(COC2CN(S(=O)(=O)c3ccc(C)c(C)c3)C2)cc1. The van der Waals surface area contributed by atoms with Crippen LogP contribution in [-0.2, 0) is 21.4 Å². The van der Waals surface area contributed by atoms with Gasteiger partial charge in [0.1, 0.15) is 0 Å². The number of rotatable bonds is 5. The van der Waals surface area contributed by atoms with Crippen LogP contribution in [0.2, 0.25) is 0 Å². The molecule has 0 aliphatic carbocycles. The zero-order chi connectivity index (χ0) is 17.3. The van der Waals surface area contributed by atoms with Gasteiger partial charge in [0.2, 0.25) is 10.0 Å². The molecule has 0 amide bonds. The van der Waals surface area contributed by atoms with E-state index in [0.29, 0.717) is 24.6 Å². The van der Waals surface area contributed by atoms with Crippen molar-refractivity contribution < 1.29 is 13.2 Å². The lowest BCUT2D eigenvalue weighted by Gasteiger charge is -2.37. The second-order valence-electron chi connectivity index (χ2n) is 6.49. The van der Waals surface area contributed by atoms with Gasteiger partial charge in [-0.05, 0) is 49.6 Å². The van der Waals surface area contributed by atoms with Gasteiger partial charge in [0.05, 0.1) is 17.6 Å². The van der Waals surface area contributed by atoms with E-state index < -0.39 is 10.0 Å². The maximum atomic E-state index is 12.6. The highest BCUT2D eigenvalue weighted by Crippen LogP contribution is 2.25. The largest absolute Gasteiger partial charge is 0.371 e. The van der Waals surface area contributed by atoms with Gasteiger partial charge in [-0.25, -0.2) is 8.42 Å². The van der Waals surface area contributed by atoms with Gasteiger partial charge in [-0.2, -0.15) is 4.31 Å². The molecule has 2 aromatic rings. The highest BCUT2D eigenvalue weighted by Gasteiger charge is 2.37. The maximum Gasteiger partial charge on any atom is 0.243 e. The Morgan fingerprint density at radius 3 is 2.29 bits per heavy atom. The summed E-state index contributed by atoms with van der Waals surface area (Å²) in [6.07, 6.45) is -0.0346. The summed E-state index contributed by atoms with van der Waals surface area (Å²) in [6, 6.07) is 13.5. The Labute approximate surface area is 144 Å². The summed E-state index contributed by atoms with van der Waals surface area (Å²) in [5.41, 5.74) is 4.41. The van der Waals surface area contributed by atoms with Gasteiger partial charge >= 0.3 is 0 Å². The number of ether oxygens (including phenoxy) is 1. The smallest absolute Gasteiger partial charge is 0.243 e. The van der Waals surface area contributed by atoms with Gasteiger partial charge in [0.15, 0.2) is 0 Å². The van der Waals surface area contributed by atoms with E-state index in [-0.39, 0.29) is 6.10 Å². The molecule has 1 fully saturated rings. The molecule has 2 aromatic carbocycles. The van der Waals surface area contributed by atoms with E-state index in [1.54, 1.807) is 12.1 Å². The molecular formula is C19H23NO3S. The van der Waals surface area contributed by atoms with Crippen LogP contribution in [0.3, 0.4) is 0 Å². The molecule has 0 saturated carbocycles. The number of hydrogen-bond acceptors (Lipinski definition) is 3. The van der Waals surface area contributed by atoms with Crippen molar-refractivity contribution in [1.29, 1.82) is 0 Å². The van der Waals surface area contributed by atoms with Gasteiger partial charge in [0.25, 0.3) is 0 Å². The predicted octanol–water partition coefficient (Wildman–Crippen LogP) is 3.20. The number of nitrogens with zero attached hydrogens (tertiary/aromatic N) is 1. The van der Waals surface area contributed by atoms with Crippen LogP contribution in [0.15, 0.2) is 47.4 Å². The van der Waals surface area contributed by atoms with Gasteiger partial charge in [-0.1, -0.05) is 35.9 Å². The van der Waals surface area contributed by atoms with E-state index in [1.165, 1.54) is 9.87 Å². The molecule has 3 rings (SSSR count). The molecule has 0 N–H and O–H groups in total. The molecule has 0 aromatic heterocycles. The average Bonchev–Trinajstić information content (AvgIpc) is 2.50. The van der Waals surface area contributed by atoms with E-state index in [4.69, 9.17) is 4.74 Å². The Balaban J connectivity index is 1.57. The average molecular weight is 345 g/mol. The fourth-order valence-electron chi connectivity index (χ4n) is 2.62. The number of sulfonamides is 1. The standard InChI is InChI=1S/C19H23NO3S/c1-14-4-7-17(8-5-14)13-23-18-11-20(12-18)24(21,22)19-9-6-15(2)16(3)10-19/h4-10,18H,11-13H2,1-3H3. The first-order valence-electron chi connectivity index (χ1n) is 8.11. The molecule has 5 heteroatoms. The first-order chi connectivity index (χ1) is 11.4. The van der Waals surface area contributed by atoms with Crippen LogP contribution < -0.4 is 0 Å². The summed E-state index contributed by atoms with van der Waals surface area (Å²) in [5, 5.41) is 0. The Morgan fingerprint density at radius 2 is 1.67 bits per heavy atom. The molecule has 128 valence electrons. The van der Waals surface area contributed by atoms with Crippen molar-refractivity contribution in [3.8, 4) is 0 Å². The van der Waals surface area contributed by atoms with E-state index in [2.05, 4.69) is 12.1 Å². The fraction of sp³-hybridized carbons (Fsp3) is 0.368. The van der Waals surface area contributed by atoms with Crippen LogP contribution in [0.4, 0.5) is 0 Å². The van der Waals surface area contributed by atoms with Gasteiger partial charge in [-0.15, -0.1) is 0 Å². The van der Waals surface area contributed by atoms with Crippen molar-refractivity contribution in [2.75, 3.05) is 13.1 Å². The highest BCUT2D eigenvalue weighted by molar-refractivity contribution is 7.89. The molecule has 4 nitrogen and oxygen atoms in total. The van der Waals surface area contributed by atoms with Crippen LogP contribution in [0, 0.1) is 20.8 Å². The van der Waals surface area contributed by atoms with Crippen molar-refractivity contribution >= 4 is 10.0 Å². The number of benzene rings is 2. The second-order valence-corrected chi connectivity index (χ2v) is 8.42. The van der Waals surface area contributed by atoms with Crippen molar-refractivity contribution in [2.24, 2.45) is 0 Å². The molecule has 1 saturated heterocycles. The van der Waals surface area contributed by atoms with Crippen LogP contribution >= 0.6 is 0 Å². The third-order valence-corrected chi connectivity index (χ3v) is 6.36. The molecule has 0 radical (unpaired) electrons. The maximum absolute atomic E-state index is 12.6. The molecule has 1 heterocycles. The van der Waals surface area contributed by atoms with E-state index in [1.807, 2.05) is 39.0 Å². The Hall–Kier alpha value is -1.69. The van der Waals surface area contributed by atoms with Gasteiger partial charge in [-0.3, -0.25) is 0 Å². The zero-order valence-corrected chi connectivity index (χ0v) is 15.1. The molecule has 1 aliphatic rings. The molecule has 0 bridgehead atoms. The number of hydrogen-bond donors (Lipinski definition) is 0. The lowest BCUT2D eigenvalue weighted by molar-refractivity contribution is -0.0295.